The van der Waals surface area contributed by atoms with Crippen molar-refractivity contribution in [3.63, 3.8) is 0 Å². The molecule has 0 radical (unpaired) electrons. The number of nitriles is 1. The summed E-state index contributed by atoms with van der Waals surface area (Å²) < 4.78 is 14.4. The zero-order chi connectivity index (χ0) is 18.0. The van der Waals surface area contributed by atoms with Crippen molar-refractivity contribution < 1.29 is 4.39 Å². The maximum atomic E-state index is 13.2. The molecule has 124 valence electrons. The molecule has 0 aliphatic heterocycles. The molecule has 1 heterocycles. The minimum absolute atomic E-state index is 0.106. The third-order valence-corrected chi connectivity index (χ3v) is 3.84. The first-order chi connectivity index (χ1) is 12.0. The number of nitrogens with zero attached hydrogens (tertiary/aromatic N) is 3. The number of anilines is 2. The number of rotatable bonds is 3. The Hall–Kier alpha value is -3.17. The van der Waals surface area contributed by atoms with E-state index >= 15 is 0 Å². The summed E-state index contributed by atoms with van der Waals surface area (Å²) in [7, 11) is 1.51. The summed E-state index contributed by atoms with van der Waals surface area (Å²) in [6.07, 6.45) is 0. The SMILES string of the molecule is Cn1c(Nc2cccc(Cl)c2)nc(-c2ccc(F)cc2)c(C#N)c1=O. The van der Waals surface area contributed by atoms with Gasteiger partial charge in [0, 0.05) is 23.3 Å². The molecule has 3 aromatic rings. The van der Waals surface area contributed by atoms with Gasteiger partial charge in [-0.1, -0.05) is 17.7 Å². The third kappa shape index (κ3) is 3.37. The van der Waals surface area contributed by atoms with Crippen LogP contribution in [0.25, 0.3) is 11.3 Å². The Bertz CT molecular complexity index is 1040. The van der Waals surface area contributed by atoms with Gasteiger partial charge in [-0.3, -0.25) is 9.36 Å². The zero-order valence-electron chi connectivity index (χ0n) is 13.1. The molecular weight excluding hydrogens is 343 g/mol. The van der Waals surface area contributed by atoms with E-state index in [1.54, 1.807) is 24.3 Å². The lowest BCUT2D eigenvalue weighted by Crippen LogP contribution is -2.24. The van der Waals surface area contributed by atoms with E-state index in [4.69, 9.17) is 11.6 Å². The van der Waals surface area contributed by atoms with Crippen LogP contribution in [0.2, 0.25) is 5.02 Å². The second-order valence-corrected chi connectivity index (χ2v) is 5.71. The number of benzene rings is 2. The Morgan fingerprint density at radius 1 is 1.24 bits per heavy atom. The molecule has 1 aromatic heterocycles. The molecule has 0 bridgehead atoms. The van der Waals surface area contributed by atoms with Crippen LogP contribution in [0.4, 0.5) is 16.0 Å². The third-order valence-electron chi connectivity index (χ3n) is 3.60. The van der Waals surface area contributed by atoms with Crippen molar-refractivity contribution in [3.8, 4) is 17.3 Å². The summed E-state index contributed by atoms with van der Waals surface area (Å²) in [5.41, 5.74) is 0.705. The first-order valence-electron chi connectivity index (χ1n) is 7.29. The van der Waals surface area contributed by atoms with Crippen molar-refractivity contribution in [2.24, 2.45) is 7.05 Å². The van der Waals surface area contributed by atoms with Gasteiger partial charge in [0.1, 0.15) is 17.4 Å². The second-order valence-electron chi connectivity index (χ2n) is 5.28. The van der Waals surface area contributed by atoms with Crippen molar-refractivity contribution in [2.75, 3.05) is 5.32 Å². The maximum Gasteiger partial charge on any atom is 0.273 e. The van der Waals surface area contributed by atoms with Gasteiger partial charge in [0.05, 0.1) is 5.69 Å². The van der Waals surface area contributed by atoms with Crippen LogP contribution in [-0.4, -0.2) is 9.55 Å². The number of nitrogens with one attached hydrogen (secondary N) is 1. The fourth-order valence-corrected chi connectivity index (χ4v) is 2.52. The molecule has 0 spiro atoms. The van der Waals surface area contributed by atoms with Gasteiger partial charge in [0.2, 0.25) is 5.95 Å². The van der Waals surface area contributed by atoms with Crippen LogP contribution in [0.1, 0.15) is 5.56 Å². The zero-order valence-corrected chi connectivity index (χ0v) is 13.9. The van der Waals surface area contributed by atoms with E-state index < -0.39 is 11.4 Å². The van der Waals surface area contributed by atoms with E-state index in [1.807, 2.05) is 6.07 Å². The van der Waals surface area contributed by atoms with E-state index in [-0.39, 0.29) is 17.2 Å². The Kier molecular flexibility index (Phi) is 4.50. The first kappa shape index (κ1) is 16.7. The quantitative estimate of drug-likeness (QED) is 0.775. The normalized spacial score (nSPS) is 10.3. The summed E-state index contributed by atoms with van der Waals surface area (Å²) >= 11 is 5.96. The van der Waals surface area contributed by atoms with Crippen LogP contribution < -0.4 is 10.9 Å². The number of halogens is 2. The second kappa shape index (κ2) is 6.75. The fraction of sp³-hybridized carbons (Fsp3) is 0.0556. The lowest BCUT2D eigenvalue weighted by molar-refractivity contribution is 0.628. The van der Waals surface area contributed by atoms with E-state index in [9.17, 15) is 14.4 Å². The summed E-state index contributed by atoms with van der Waals surface area (Å²) in [4.78, 5) is 16.9. The summed E-state index contributed by atoms with van der Waals surface area (Å²) in [5.74, 6) is -0.172. The van der Waals surface area contributed by atoms with Crippen LogP contribution in [-0.2, 0) is 7.05 Å². The van der Waals surface area contributed by atoms with Gasteiger partial charge in [-0.05, 0) is 42.5 Å². The van der Waals surface area contributed by atoms with Crippen LogP contribution in [0, 0.1) is 17.1 Å². The van der Waals surface area contributed by atoms with Crippen molar-refractivity contribution in [3.05, 3.63) is 75.3 Å². The number of hydrogen-bond donors (Lipinski definition) is 1. The average molecular weight is 355 g/mol. The lowest BCUT2D eigenvalue weighted by Gasteiger charge is -2.13. The van der Waals surface area contributed by atoms with Crippen LogP contribution in [0.15, 0.2) is 53.3 Å². The smallest absolute Gasteiger partial charge is 0.273 e. The van der Waals surface area contributed by atoms with Gasteiger partial charge < -0.3 is 5.32 Å². The molecule has 0 unspecified atom stereocenters. The largest absolute Gasteiger partial charge is 0.325 e. The molecule has 25 heavy (non-hydrogen) atoms. The van der Waals surface area contributed by atoms with Gasteiger partial charge in [-0.2, -0.15) is 5.26 Å². The van der Waals surface area contributed by atoms with Crippen LogP contribution in [0.5, 0.6) is 0 Å². The van der Waals surface area contributed by atoms with Gasteiger partial charge in [0.15, 0.2) is 0 Å². The Morgan fingerprint density at radius 2 is 1.96 bits per heavy atom. The highest BCUT2D eigenvalue weighted by molar-refractivity contribution is 6.30. The maximum absolute atomic E-state index is 13.2. The predicted octanol–water partition coefficient (Wildman–Crippen LogP) is 3.86. The minimum Gasteiger partial charge on any atom is -0.325 e. The molecule has 0 aliphatic rings. The molecule has 2 aromatic carbocycles. The molecule has 0 saturated heterocycles. The number of aromatic nitrogens is 2. The molecular formula is C18H12ClFN4O. The summed E-state index contributed by atoms with van der Waals surface area (Å²) in [5, 5.41) is 12.9. The Labute approximate surface area is 147 Å². The minimum atomic E-state index is -0.499. The highest BCUT2D eigenvalue weighted by atomic mass is 35.5. The van der Waals surface area contributed by atoms with E-state index in [0.717, 1.165) is 0 Å². The molecule has 0 atom stereocenters. The Balaban J connectivity index is 2.16. The molecule has 5 nitrogen and oxygen atoms in total. The monoisotopic (exact) mass is 354 g/mol. The van der Waals surface area contributed by atoms with Gasteiger partial charge in [-0.15, -0.1) is 0 Å². The molecule has 0 saturated carbocycles. The van der Waals surface area contributed by atoms with Crippen LogP contribution >= 0.6 is 11.6 Å². The highest BCUT2D eigenvalue weighted by Crippen LogP contribution is 2.23. The standard InChI is InChI=1S/C18H12ClFN4O/c1-24-17(25)15(10-21)16(11-5-7-13(20)8-6-11)23-18(24)22-14-4-2-3-12(19)9-14/h2-9H,1H3,(H,22,23). The molecule has 3 rings (SSSR count). The van der Waals surface area contributed by atoms with E-state index in [1.165, 1.54) is 35.9 Å². The van der Waals surface area contributed by atoms with E-state index in [0.29, 0.717) is 16.3 Å². The lowest BCUT2D eigenvalue weighted by atomic mass is 10.1. The molecule has 7 heteroatoms. The van der Waals surface area contributed by atoms with E-state index in [2.05, 4.69) is 10.3 Å². The average Bonchev–Trinajstić information content (AvgIpc) is 2.60. The van der Waals surface area contributed by atoms with Crippen molar-refractivity contribution in [1.82, 2.24) is 9.55 Å². The number of hydrogen-bond acceptors (Lipinski definition) is 4. The summed E-state index contributed by atoms with van der Waals surface area (Å²) in [6, 6.07) is 14.3. The van der Waals surface area contributed by atoms with Gasteiger partial charge >= 0.3 is 0 Å². The fourth-order valence-electron chi connectivity index (χ4n) is 2.33. The van der Waals surface area contributed by atoms with Crippen LogP contribution in [0.3, 0.4) is 0 Å². The highest BCUT2D eigenvalue weighted by Gasteiger charge is 2.16. The first-order valence-corrected chi connectivity index (χ1v) is 7.67. The molecule has 0 fully saturated rings. The van der Waals surface area contributed by atoms with Crippen molar-refractivity contribution in [1.29, 1.82) is 5.26 Å². The molecule has 1 N–H and O–H groups in total. The molecule has 0 amide bonds. The van der Waals surface area contributed by atoms with Crippen molar-refractivity contribution in [2.45, 2.75) is 0 Å². The summed E-state index contributed by atoms with van der Waals surface area (Å²) in [6.45, 7) is 0. The van der Waals surface area contributed by atoms with Gasteiger partial charge in [-0.25, -0.2) is 9.37 Å². The topological polar surface area (TPSA) is 70.7 Å². The Morgan fingerprint density at radius 3 is 2.60 bits per heavy atom. The molecule has 0 aliphatic carbocycles. The van der Waals surface area contributed by atoms with Gasteiger partial charge in [0.25, 0.3) is 5.56 Å². The predicted molar refractivity (Wildman–Crippen MR) is 94.3 cm³/mol. The van der Waals surface area contributed by atoms with Crippen molar-refractivity contribution >= 4 is 23.2 Å².